The molecule has 0 saturated heterocycles. The van der Waals surface area contributed by atoms with E-state index in [1.54, 1.807) is 0 Å². The van der Waals surface area contributed by atoms with Crippen LogP contribution in [0.2, 0.25) is 0 Å². The van der Waals surface area contributed by atoms with E-state index in [0.717, 1.165) is 18.8 Å². The van der Waals surface area contributed by atoms with E-state index in [9.17, 15) is 0 Å². The summed E-state index contributed by atoms with van der Waals surface area (Å²) in [5.74, 6) is 2.34. The molecule has 0 amide bonds. The van der Waals surface area contributed by atoms with Gasteiger partial charge in [-0.2, -0.15) is 0 Å². The fourth-order valence-corrected chi connectivity index (χ4v) is 3.14. The Labute approximate surface area is 132 Å². The molecular weight excluding hydrogens is 256 g/mol. The summed E-state index contributed by atoms with van der Waals surface area (Å²) in [5.41, 5.74) is 2.98. The minimum atomic E-state index is 0.585. The highest BCUT2D eigenvalue weighted by Gasteiger charge is 2.19. The van der Waals surface area contributed by atoms with Gasteiger partial charge in [0.15, 0.2) is 0 Å². The molecule has 1 heteroatoms. The van der Waals surface area contributed by atoms with Crippen LogP contribution in [0, 0.1) is 0 Å². The van der Waals surface area contributed by atoms with Crippen molar-refractivity contribution < 1.29 is 4.74 Å². The van der Waals surface area contributed by atoms with Crippen molar-refractivity contribution in [2.75, 3.05) is 6.61 Å². The number of hydrogen-bond donors (Lipinski definition) is 0. The zero-order chi connectivity index (χ0) is 15.7. The lowest BCUT2D eigenvalue weighted by molar-refractivity contribution is 0.303. The minimum absolute atomic E-state index is 0.585. The Balaban J connectivity index is 3.07. The smallest absolute Gasteiger partial charge is 0.123 e. The normalized spacial score (nSPS) is 14.0. The van der Waals surface area contributed by atoms with E-state index < -0.39 is 0 Å². The Morgan fingerprint density at radius 2 is 1.57 bits per heavy atom. The predicted octanol–water partition coefficient (Wildman–Crippen LogP) is 6.67. The summed E-state index contributed by atoms with van der Waals surface area (Å²) in [5, 5.41) is 0. The first-order valence-corrected chi connectivity index (χ1v) is 8.91. The van der Waals surface area contributed by atoms with Crippen LogP contribution in [0.15, 0.2) is 18.2 Å². The van der Waals surface area contributed by atoms with E-state index in [2.05, 4.69) is 52.8 Å². The van der Waals surface area contributed by atoms with Gasteiger partial charge in [-0.15, -0.1) is 0 Å². The van der Waals surface area contributed by atoms with Crippen LogP contribution < -0.4 is 4.74 Å². The van der Waals surface area contributed by atoms with Gasteiger partial charge in [0.05, 0.1) is 6.61 Å². The van der Waals surface area contributed by atoms with Crippen LogP contribution in [0.1, 0.15) is 96.1 Å². The summed E-state index contributed by atoms with van der Waals surface area (Å²) in [6, 6.07) is 6.65. The van der Waals surface area contributed by atoms with Crippen LogP contribution in [0.25, 0.3) is 0 Å². The van der Waals surface area contributed by atoms with Gasteiger partial charge < -0.3 is 4.74 Å². The Morgan fingerprint density at radius 3 is 2.19 bits per heavy atom. The number of hydrogen-bond acceptors (Lipinski definition) is 1. The molecule has 120 valence electrons. The highest BCUT2D eigenvalue weighted by Crippen LogP contribution is 2.37. The molecule has 0 spiro atoms. The van der Waals surface area contributed by atoms with E-state index in [1.807, 2.05) is 0 Å². The summed E-state index contributed by atoms with van der Waals surface area (Å²) in [6.07, 6.45) is 7.28. The van der Waals surface area contributed by atoms with Gasteiger partial charge in [-0.05, 0) is 42.7 Å². The number of rotatable bonds is 10. The fraction of sp³-hybridized carbons (Fsp3) is 0.700. The summed E-state index contributed by atoms with van der Waals surface area (Å²) >= 11 is 0. The minimum Gasteiger partial charge on any atom is -0.493 e. The van der Waals surface area contributed by atoms with Crippen molar-refractivity contribution in [2.45, 2.75) is 85.0 Å². The standard InChI is InChI=1S/C20H34O/c1-6-9-15-21-19-14-10-13-18(16(4)11-7-2)20(19)17(5)12-8-3/h10,13-14,16-17H,6-9,11-12,15H2,1-5H3. The first kappa shape index (κ1) is 18.1. The average molecular weight is 290 g/mol. The van der Waals surface area contributed by atoms with Gasteiger partial charge in [-0.25, -0.2) is 0 Å². The SMILES string of the molecule is CCCCOc1cccc(C(C)CCC)c1C(C)CCC. The lowest BCUT2D eigenvalue weighted by Gasteiger charge is -2.24. The summed E-state index contributed by atoms with van der Waals surface area (Å²) in [7, 11) is 0. The van der Waals surface area contributed by atoms with Gasteiger partial charge in [-0.1, -0.05) is 66.0 Å². The van der Waals surface area contributed by atoms with Gasteiger partial charge in [-0.3, -0.25) is 0 Å². The van der Waals surface area contributed by atoms with E-state index >= 15 is 0 Å². The maximum atomic E-state index is 6.11. The molecule has 0 N–H and O–H groups in total. The maximum absolute atomic E-state index is 6.11. The molecule has 1 rings (SSSR count). The van der Waals surface area contributed by atoms with Crippen molar-refractivity contribution in [2.24, 2.45) is 0 Å². The zero-order valence-corrected chi connectivity index (χ0v) is 14.7. The van der Waals surface area contributed by atoms with Crippen molar-refractivity contribution in [3.63, 3.8) is 0 Å². The molecule has 1 aromatic rings. The summed E-state index contributed by atoms with van der Waals surface area (Å²) in [6.45, 7) is 12.3. The van der Waals surface area contributed by atoms with Gasteiger partial charge in [0.25, 0.3) is 0 Å². The molecule has 2 unspecified atom stereocenters. The van der Waals surface area contributed by atoms with E-state index in [4.69, 9.17) is 4.74 Å². The van der Waals surface area contributed by atoms with Crippen molar-refractivity contribution in [1.29, 1.82) is 0 Å². The molecule has 0 fully saturated rings. The lowest BCUT2D eigenvalue weighted by atomic mass is 9.84. The Morgan fingerprint density at radius 1 is 0.905 bits per heavy atom. The monoisotopic (exact) mass is 290 g/mol. The molecule has 0 aliphatic rings. The van der Waals surface area contributed by atoms with Crippen LogP contribution >= 0.6 is 0 Å². The second kappa shape index (κ2) is 9.87. The van der Waals surface area contributed by atoms with Crippen molar-refractivity contribution in [1.82, 2.24) is 0 Å². The first-order valence-electron chi connectivity index (χ1n) is 8.91. The second-order valence-electron chi connectivity index (χ2n) is 6.34. The molecule has 1 aromatic carbocycles. The van der Waals surface area contributed by atoms with Crippen molar-refractivity contribution in [3.8, 4) is 5.75 Å². The van der Waals surface area contributed by atoms with Crippen LogP contribution in [0.4, 0.5) is 0 Å². The number of ether oxygens (including phenoxy) is 1. The van der Waals surface area contributed by atoms with Gasteiger partial charge in [0.2, 0.25) is 0 Å². The second-order valence-corrected chi connectivity index (χ2v) is 6.34. The van der Waals surface area contributed by atoms with Crippen molar-refractivity contribution in [3.05, 3.63) is 29.3 Å². The Kier molecular flexibility index (Phi) is 8.49. The van der Waals surface area contributed by atoms with Crippen LogP contribution in [0.3, 0.4) is 0 Å². The predicted molar refractivity (Wildman–Crippen MR) is 93.5 cm³/mol. The molecule has 21 heavy (non-hydrogen) atoms. The summed E-state index contributed by atoms with van der Waals surface area (Å²) in [4.78, 5) is 0. The fourth-order valence-electron chi connectivity index (χ4n) is 3.14. The van der Waals surface area contributed by atoms with Crippen LogP contribution in [-0.4, -0.2) is 6.61 Å². The number of benzene rings is 1. The lowest BCUT2D eigenvalue weighted by Crippen LogP contribution is -2.08. The topological polar surface area (TPSA) is 9.23 Å². The molecule has 1 nitrogen and oxygen atoms in total. The Hall–Kier alpha value is -0.980. The van der Waals surface area contributed by atoms with Gasteiger partial charge >= 0.3 is 0 Å². The van der Waals surface area contributed by atoms with Crippen molar-refractivity contribution >= 4 is 0 Å². The maximum Gasteiger partial charge on any atom is 0.123 e. The molecule has 0 saturated carbocycles. The molecular formula is C20H34O. The molecule has 0 heterocycles. The largest absolute Gasteiger partial charge is 0.493 e. The highest BCUT2D eigenvalue weighted by atomic mass is 16.5. The molecule has 0 radical (unpaired) electrons. The third-order valence-corrected chi connectivity index (χ3v) is 4.32. The first-order chi connectivity index (χ1) is 10.2. The molecule has 0 bridgehead atoms. The molecule has 0 aliphatic carbocycles. The average Bonchev–Trinajstić information content (AvgIpc) is 2.47. The molecule has 2 atom stereocenters. The Bertz CT molecular complexity index is 397. The van der Waals surface area contributed by atoms with Gasteiger partial charge in [0.1, 0.15) is 5.75 Å². The zero-order valence-electron chi connectivity index (χ0n) is 14.7. The third kappa shape index (κ3) is 5.37. The molecule has 0 aromatic heterocycles. The quantitative estimate of drug-likeness (QED) is 0.437. The highest BCUT2D eigenvalue weighted by molar-refractivity contribution is 5.44. The van der Waals surface area contributed by atoms with Crippen LogP contribution in [0.5, 0.6) is 5.75 Å². The van der Waals surface area contributed by atoms with E-state index in [-0.39, 0.29) is 0 Å². The van der Waals surface area contributed by atoms with Crippen LogP contribution in [-0.2, 0) is 0 Å². The summed E-state index contributed by atoms with van der Waals surface area (Å²) < 4.78 is 6.11. The molecule has 0 aliphatic heterocycles. The van der Waals surface area contributed by atoms with E-state index in [0.29, 0.717) is 11.8 Å². The number of unbranched alkanes of at least 4 members (excludes halogenated alkanes) is 1. The van der Waals surface area contributed by atoms with E-state index in [1.165, 1.54) is 43.2 Å². The third-order valence-electron chi connectivity index (χ3n) is 4.32. The van der Waals surface area contributed by atoms with Gasteiger partial charge in [0, 0.05) is 5.56 Å².